The van der Waals surface area contributed by atoms with E-state index in [0.717, 1.165) is 6.54 Å². The Morgan fingerprint density at radius 1 is 0.952 bits per heavy atom. The third kappa shape index (κ3) is 4.85. The van der Waals surface area contributed by atoms with E-state index in [1.807, 2.05) is 0 Å². The van der Waals surface area contributed by atoms with Crippen molar-refractivity contribution in [3.63, 3.8) is 0 Å². The van der Waals surface area contributed by atoms with Gasteiger partial charge in [-0.1, -0.05) is 29.8 Å². The fourth-order valence-corrected chi connectivity index (χ4v) is 3.59. The third-order valence-corrected chi connectivity index (χ3v) is 5.11. The first-order chi connectivity index (χ1) is 9.26. The number of likely N-dealkylation sites (tertiary alicyclic amines) is 1. The van der Waals surface area contributed by atoms with Gasteiger partial charge in [0.15, 0.2) is 0 Å². The van der Waals surface area contributed by atoms with Crippen LogP contribution in [0.25, 0.3) is 0 Å². The average molecular weight is 331 g/mol. The molecule has 4 heteroatoms. The van der Waals surface area contributed by atoms with Crippen molar-refractivity contribution >= 4 is 24.8 Å². The Hall–Kier alpha value is -0.280. The van der Waals surface area contributed by atoms with Gasteiger partial charge in [-0.3, -0.25) is 4.90 Å². The van der Waals surface area contributed by atoms with Crippen molar-refractivity contribution in [2.75, 3.05) is 26.2 Å². The number of halogens is 2. The molecule has 1 aromatic rings. The van der Waals surface area contributed by atoms with Gasteiger partial charge in [0.25, 0.3) is 0 Å². The summed E-state index contributed by atoms with van der Waals surface area (Å²) in [6, 6.07) is 9.02. The normalized spacial score (nSPS) is 21.4. The van der Waals surface area contributed by atoms with E-state index in [0.29, 0.717) is 5.41 Å². The molecule has 0 aromatic heterocycles. The lowest BCUT2D eigenvalue weighted by molar-refractivity contribution is 0.0701. The molecule has 1 N–H and O–H groups in total. The number of nitrogens with zero attached hydrogens (tertiary/aromatic N) is 1. The van der Waals surface area contributed by atoms with E-state index in [1.54, 1.807) is 0 Å². The first kappa shape index (κ1) is 18.8. The van der Waals surface area contributed by atoms with Gasteiger partial charge in [-0.15, -0.1) is 24.8 Å². The minimum absolute atomic E-state index is 0. The average Bonchev–Trinajstić information content (AvgIpc) is 2.45. The summed E-state index contributed by atoms with van der Waals surface area (Å²) in [6.07, 6.45) is 5.60. The van der Waals surface area contributed by atoms with Crippen LogP contribution in [0.2, 0.25) is 0 Å². The van der Waals surface area contributed by atoms with Crippen molar-refractivity contribution in [1.29, 1.82) is 0 Å². The van der Waals surface area contributed by atoms with Crippen LogP contribution < -0.4 is 5.32 Å². The summed E-state index contributed by atoms with van der Waals surface area (Å²) in [7, 11) is 0. The van der Waals surface area contributed by atoms with Gasteiger partial charge in [0, 0.05) is 6.54 Å². The molecule has 2 saturated heterocycles. The van der Waals surface area contributed by atoms with E-state index in [1.165, 1.54) is 63.0 Å². The molecule has 2 heterocycles. The maximum Gasteiger partial charge on any atom is 0.0233 e. The molecule has 1 spiro atoms. The van der Waals surface area contributed by atoms with Crippen LogP contribution in [0, 0.1) is 12.3 Å². The zero-order valence-electron chi connectivity index (χ0n) is 12.9. The molecule has 2 fully saturated rings. The molecule has 0 atom stereocenters. The smallest absolute Gasteiger partial charge is 0.0233 e. The summed E-state index contributed by atoms with van der Waals surface area (Å²) in [5, 5.41) is 3.50. The topological polar surface area (TPSA) is 15.3 Å². The molecule has 0 aliphatic carbocycles. The minimum atomic E-state index is 0. The quantitative estimate of drug-likeness (QED) is 0.887. The lowest BCUT2D eigenvalue weighted by atomic mass is 9.71. The monoisotopic (exact) mass is 330 g/mol. The predicted octanol–water partition coefficient (Wildman–Crippen LogP) is 3.80. The van der Waals surface area contributed by atoms with Crippen molar-refractivity contribution < 1.29 is 0 Å². The number of aryl methyl sites for hydroxylation is 1. The maximum absolute atomic E-state index is 3.50. The Morgan fingerprint density at radius 2 is 1.52 bits per heavy atom. The lowest BCUT2D eigenvalue weighted by Crippen LogP contribution is -2.45. The number of rotatable bonds is 2. The van der Waals surface area contributed by atoms with Crippen molar-refractivity contribution in [2.45, 2.75) is 39.2 Å². The fourth-order valence-electron chi connectivity index (χ4n) is 3.59. The largest absolute Gasteiger partial charge is 0.317 e. The van der Waals surface area contributed by atoms with Gasteiger partial charge in [-0.2, -0.15) is 0 Å². The minimum Gasteiger partial charge on any atom is -0.317 e. The highest BCUT2D eigenvalue weighted by molar-refractivity contribution is 5.85. The first-order valence-corrected chi connectivity index (χ1v) is 7.74. The summed E-state index contributed by atoms with van der Waals surface area (Å²) in [6.45, 7) is 8.33. The summed E-state index contributed by atoms with van der Waals surface area (Å²) < 4.78 is 0. The van der Waals surface area contributed by atoms with Gasteiger partial charge in [0.05, 0.1) is 0 Å². The van der Waals surface area contributed by atoms with Gasteiger partial charge in [0.2, 0.25) is 0 Å². The van der Waals surface area contributed by atoms with Gasteiger partial charge >= 0.3 is 0 Å². The summed E-state index contributed by atoms with van der Waals surface area (Å²) in [5.41, 5.74) is 3.50. The molecule has 0 amide bonds. The summed E-state index contributed by atoms with van der Waals surface area (Å²) in [5.74, 6) is 0. The Morgan fingerprint density at radius 3 is 2.10 bits per heavy atom. The second-order valence-electron chi connectivity index (χ2n) is 6.51. The highest BCUT2D eigenvalue weighted by Gasteiger charge is 2.35. The Bertz CT molecular complexity index is 403. The maximum atomic E-state index is 3.50. The van der Waals surface area contributed by atoms with Gasteiger partial charge in [0.1, 0.15) is 0 Å². The van der Waals surface area contributed by atoms with Crippen LogP contribution in [0.3, 0.4) is 0 Å². The Balaban J connectivity index is 0.00000110. The van der Waals surface area contributed by atoms with E-state index in [4.69, 9.17) is 0 Å². The Kier molecular flexibility index (Phi) is 7.49. The highest BCUT2D eigenvalue weighted by Crippen LogP contribution is 2.39. The van der Waals surface area contributed by atoms with Crippen LogP contribution in [0.4, 0.5) is 0 Å². The molecular formula is C17H28Cl2N2. The van der Waals surface area contributed by atoms with Crippen LogP contribution >= 0.6 is 24.8 Å². The number of benzene rings is 1. The van der Waals surface area contributed by atoms with Crippen LogP contribution in [0.15, 0.2) is 24.3 Å². The molecule has 2 aliphatic heterocycles. The molecule has 0 saturated carbocycles. The van der Waals surface area contributed by atoms with Crippen LogP contribution in [0.1, 0.15) is 36.8 Å². The summed E-state index contributed by atoms with van der Waals surface area (Å²) >= 11 is 0. The molecule has 0 radical (unpaired) electrons. The molecule has 2 nitrogen and oxygen atoms in total. The van der Waals surface area contributed by atoms with Crippen molar-refractivity contribution in [3.05, 3.63) is 35.4 Å². The van der Waals surface area contributed by atoms with E-state index in [9.17, 15) is 0 Å². The number of hydrogen-bond acceptors (Lipinski definition) is 2. The third-order valence-electron chi connectivity index (χ3n) is 5.11. The molecule has 0 unspecified atom stereocenters. The SMILES string of the molecule is Cc1ccc(CN2CCC3(CCNCC3)CC2)cc1.Cl.Cl. The van der Waals surface area contributed by atoms with Crippen molar-refractivity contribution in [1.82, 2.24) is 10.2 Å². The van der Waals surface area contributed by atoms with Crippen molar-refractivity contribution in [3.8, 4) is 0 Å². The summed E-state index contributed by atoms with van der Waals surface area (Å²) in [4.78, 5) is 2.64. The number of nitrogens with one attached hydrogen (secondary N) is 1. The van der Waals surface area contributed by atoms with Gasteiger partial charge in [-0.25, -0.2) is 0 Å². The van der Waals surface area contributed by atoms with Crippen LogP contribution in [-0.2, 0) is 6.54 Å². The van der Waals surface area contributed by atoms with E-state index in [2.05, 4.69) is 41.4 Å². The van der Waals surface area contributed by atoms with E-state index < -0.39 is 0 Å². The van der Waals surface area contributed by atoms with E-state index >= 15 is 0 Å². The van der Waals surface area contributed by atoms with Crippen LogP contribution in [0.5, 0.6) is 0 Å². The van der Waals surface area contributed by atoms with Gasteiger partial charge in [-0.05, 0) is 69.8 Å². The fraction of sp³-hybridized carbons (Fsp3) is 0.647. The van der Waals surface area contributed by atoms with Crippen molar-refractivity contribution in [2.24, 2.45) is 5.41 Å². The molecule has 3 rings (SSSR count). The zero-order valence-corrected chi connectivity index (χ0v) is 14.6. The highest BCUT2D eigenvalue weighted by atomic mass is 35.5. The van der Waals surface area contributed by atoms with Gasteiger partial charge < -0.3 is 5.32 Å². The van der Waals surface area contributed by atoms with E-state index in [-0.39, 0.29) is 24.8 Å². The molecular weight excluding hydrogens is 303 g/mol. The predicted molar refractivity (Wildman–Crippen MR) is 94.7 cm³/mol. The molecule has 120 valence electrons. The second-order valence-corrected chi connectivity index (χ2v) is 6.51. The molecule has 2 aliphatic rings. The first-order valence-electron chi connectivity index (χ1n) is 7.74. The Labute approximate surface area is 141 Å². The number of piperidine rings is 2. The second kappa shape index (κ2) is 8.38. The lowest BCUT2D eigenvalue weighted by Gasteiger charge is -2.44. The molecule has 1 aromatic carbocycles. The number of hydrogen-bond donors (Lipinski definition) is 1. The van der Waals surface area contributed by atoms with Crippen LogP contribution in [-0.4, -0.2) is 31.1 Å². The molecule has 0 bridgehead atoms. The zero-order chi connectivity index (χ0) is 13.1. The standard InChI is InChI=1S/C17H26N2.2ClH/c1-15-2-4-16(5-3-15)14-19-12-8-17(9-13-19)6-10-18-11-7-17;;/h2-5,18H,6-14H2,1H3;2*1H. The molecule has 21 heavy (non-hydrogen) atoms.